The number of oxime groups is 1. The van der Waals surface area contributed by atoms with Gasteiger partial charge in [0.2, 0.25) is 12.2 Å². The molecule has 0 saturated carbocycles. The van der Waals surface area contributed by atoms with Gasteiger partial charge in [0.1, 0.15) is 23.4 Å². The van der Waals surface area contributed by atoms with Crippen LogP contribution in [0.3, 0.4) is 0 Å². The summed E-state index contributed by atoms with van der Waals surface area (Å²) in [6.45, 7) is 11.8. The minimum atomic E-state index is -1.36. The zero-order valence-corrected chi connectivity index (χ0v) is 33.9. The number of carboxylic acid groups (broad SMARTS) is 2. The summed E-state index contributed by atoms with van der Waals surface area (Å²) in [6.07, 6.45) is 7.00. The molecule has 4 rings (SSSR count). The molecule has 1 aliphatic heterocycles. The molecule has 0 aromatic carbocycles. The van der Waals surface area contributed by atoms with E-state index < -0.39 is 29.3 Å². The van der Waals surface area contributed by atoms with Crippen LogP contribution in [0.2, 0.25) is 0 Å². The quantitative estimate of drug-likeness (QED) is 0.0501. The largest absolute Gasteiger partial charge is 1.00 e. The molecule has 2 amide bonds. The van der Waals surface area contributed by atoms with Gasteiger partial charge in [-0.05, 0) is 43.7 Å². The first-order chi connectivity index (χ1) is 24.0. The van der Waals surface area contributed by atoms with Crippen molar-refractivity contribution in [2.75, 3.05) is 18.1 Å². The number of amides is 2. The topological polar surface area (TPSA) is 208 Å². The minimum absolute atomic E-state index is 0. The Hall–Kier alpha value is -3.87. The van der Waals surface area contributed by atoms with Gasteiger partial charge in [-0.2, -0.15) is 0 Å². The first-order valence-electron chi connectivity index (χ1n) is 15.6. The van der Waals surface area contributed by atoms with Crippen LogP contribution < -0.4 is 50.3 Å². The Labute approximate surface area is 330 Å². The SMILES string of the molecule is CC.CC.CCO/N=C(\C(=O)NC(C)C1SCC(/C=C/C[n+]2cccc(C(=O)c3ccc(C(=O)[O-])s3)c2)=C(C(=O)O)N1C=O)c1csc(N)n1.[Na+]. The Morgan fingerprint density at radius 1 is 1.22 bits per heavy atom. The summed E-state index contributed by atoms with van der Waals surface area (Å²) >= 11 is 3.22. The van der Waals surface area contributed by atoms with Gasteiger partial charge < -0.3 is 30.9 Å². The van der Waals surface area contributed by atoms with E-state index in [1.54, 1.807) is 60.5 Å². The molecule has 0 saturated heterocycles. The van der Waals surface area contributed by atoms with Crippen LogP contribution in [0.4, 0.5) is 5.13 Å². The van der Waals surface area contributed by atoms with Crippen molar-refractivity contribution in [3.05, 3.63) is 86.5 Å². The van der Waals surface area contributed by atoms with Gasteiger partial charge in [0.15, 0.2) is 29.8 Å². The van der Waals surface area contributed by atoms with Gasteiger partial charge in [-0.3, -0.25) is 19.3 Å². The van der Waals surface area contributed by atoms with Gasteiger partial charge in [-0.15, -0.1) is 34.4 Å². The number of aromatic carboxylic acids is 1. The van der Waals surface area contributed by atoms with Crippen molar-refractivity contribution in [1.82, 2.24) is 15.2 Å². The van der Waals surface area contributed by atoms with Crippen molar-refractivity contribution in [1.29, 1.82) is 0 Å². The zero-order chi connectivity index (χ0) is 37.4. The fourth-order valence-corrected chi connectivity index (χ4v) is 6.97. The number of nitrogens with zero attached hydrogens (tertiary/aromatic N) is 4. The summed E-state index contributed by atoms with van der Waals surface area (Å²) in [7, 11) is 0. The summed E-state index contributed by atoms with van der Waals surface area (Å²) in [5.74, 6) is -3.44. The predicted molar refractivity (Wildman–Crippen MR) is 192 cm³/mol. The van der Waals surface area contributed by atoms with Crippen molar-refractivity contribution >= 4 is 75.3 Å². The van der Waals surface area contributed by atoms with Gasteiger partial charge in [-0.25, -0.2) is 14.3 Å². The molecule has 268 valence electrons. The van der Waals surface area contributed by atoms with Gasteiger partial charge >= 0.3 is 35.5 Å². The number of anilines is 1. The Morgan fingerprint density at radius 3 is 2.47 bits per heavy atom. The number of aliphatic carboxylic acids is 1. The summed E-state index contributed by atoms with van der Waals surface area (Å²) < 4.78 is 1.70. The standard InChI is InChI=1S/C29H28N6O8S3.2C2H6.Na/c1-3-43-33-22(19-14-45-29(30)32-19)25(38)31-16(2)26-35(15-36)23(28(41)42)18(13-44-26)7-5-11-34-10-4-6-17(12-34)24(37)20-8-9-21(46-20)27(39)40;2*1-2;/h4-10,12,14-16,26H,3,11,13H2,1-2H3,(H4-,30,31,32,38,39,40,41,42);2*1-2H3;/q;;;+1/b7-5+,33-22-;;;. The summed E-state index contributed by atoms with van der Waals surface area (Å²) in [5.41, 5.74) is 6.28. The molecule has 18 heteroatoms. The van der Waals surface area contributed by atoms with E-state index in [9.17, 15) is 34.2 Å². The number of carboxylic acids is 2. The predicted octanol–water partition coefficient (Wildman–Crippen LogP) is 0.0969. The van der Waals surface area contributed by atoms with Crippen LogP contribution in [-0.4, -0.2) is 74.5 Å². The summed E-state index contributed by atoms with van der Waals surface area (Å²) in [4.78, 5) is 72.0. The van der Waals surface area contributed by atoms with E-state index in [1.165, 1.54) is 23.9 Å². The second-order valence-electron chi connectivity index (χ2n) is 9.56. The van der Waals surface area contributed by atoms with Crippen molar-refractivity contribution in [2.24, 2.45) is 5.16 Å². The molecule has 1 aliphatic rings. The van der Waals surface area contributed by atoms with Gasteiger partial charge in [0, 0.05) is 17.2 Å². The molecule has 0 aliphatic carbocycles. The number of allylic oxidation sites excluding steroid dienone is 2. The average Bonchev–Trinajstić information content (AvgIpc) is 3.79. The molecule has 4 heterocycles. The molecule has 0 bridgehead atoms. The molecule has 0 spiro atoms. The number of carbonyl (C=O) groups excluding carboxylic acids is 4. The number of thiazole rings is 1. The van der Waals surface area contributed by atoms with Crippen LogP contribution >= 0.6 is 34.4 Å². The van der Waals surface area contributed by atoms with Crippen LogP contribution in [0, 0.1) is 0 Å². The first-order valence-corrected chi connectivity index (χ1v) is 18.3. The number of hydrogen-bond donors (Lipinski definition) is 3. The molecule has 51 heavy (non-hydrogen) atoms. The Morgan fingerprint density at radius 2 is 1.90 bits per heavy atom. The number of ketones is 1. The van der Waals surface area contributed by atoms with Crippen molar-refractivity contribution < 1.29 is 73.1 Å². The molecule has 3 aromatic rings. The van der Waals surface area contributed by atoms with Crippen molar-refractivity contribution in [3.63, 3.8) is 0 Å². The van der Waals surface area contributed by atoms with E-state index in [2.05, 4.69) is 15.5 Å². The van der Waals surface area contributed by atoms with E-state index in [-0.39, 0.29) is 86.2 Å². The number of nitrogen functional groups attached to an aromatic ring is 1. The van der Waals surface area contributed by atoms with Crippen LogP contribution in [0.5, 0.6) is 0 Å². The summed E-state index contributed by atoms with van der Waals surface area (Å²) in [6, 6.07) is 5.29. The minimum Gasteiger partial charge on any atom is -0.544 e. The molecule has 2 unspecified atom stereocenters. The number of pyridine rings is 1. The molecule has 4 N–H and O–H groups in total. The molecule has 2 atom stereocenters. The molecule has 3 aromatic heterocycles. The first kappa shape index (κ1) is 45.2. The maximum absolute atomic E-state index is 13.1. The third-order valence-electron chi connectivity index (χ3n) is 6.40. The number of thiophene rings is 1. The number of rotatable bonds is 14. The fourth-order valence-electron chi connectivity index (χ4n) is 4.36. The second kappa shape index (κ2) is 22.8. The smallest absolute Gasteiger partial charge is 0.544 e. The molecule has 0 fully saturated rings. The van der Waals surface area contributed by atoms with Crippen molar-refractivity contribution in [2.45, 2.75) is 59.5 Å². The van der Waals surface area contributed by atoms with Gasteiger partial charge in [-0.1, -0.05) is 38.9 Å². The van der Waals surface area contributed by atoms with E-state index in [1.807, 2.05) is 27.7 Å². The van der Waals surface area contributed by atoms with Crippen LogP contribution in [0.25, 0.3) is 0 Å². The second-order valence-corrected chi connectivity index (χ2v) is 12.6. The Bertz CT molecular complexity index is 1760. The van der Waals surface area contributed by atoms with Crippen molar-refractivity contribution in [3.8, 4) is 0 Å². The van der Waals surface area contributed by atoms with E-state index in [0.717, 1.165) is 27.6 Å². The molecular formula is C33H40N6NaO8S3+. The number of thioether (sulfide) groups is 1. The summed E-state index contributed by atoms with van der Waals surface area (Å²) in [5, 5.41) is 28.8. The monoisotopic (exact) mass is 767 g/mol. The number of carbonyl (C=O) groups is 5. The Balaban J connectivity index is 0.00000251. The fraction of sp³-hybridized carbons (Fsp3) is 0.333. The number of hydrogen-bond acceptors (Lipinski definition) is 13. The number of nitrogens with one attached hydrogen (secondary N) is 1. The van der Waals surface area contributed by atoms with Crippen LogP contribution in [-0.2, 0) is 25.8 Å². The molecule has 14 nitrogen and oxygen atoms in total. The zero-order valence-electron chi connectivity index (χ0n) is 29.4. The van der Waals surface area contributed by atoms with E-state index >= 15 is 0 Å². The average molecular weight is 768 g/mol. The molecular weight excluding hydrogens is 728 g/mol. The number of nitrogens with two attached hydrogens (primary N) is 1. The number of aromatic nitrogens is 2. The van der Waals surface area contributed by atoms with E-state index in [0.29, 0.717) is 17.5 Å². The van der Waals surface area contributed by atoms with Gasteiger partial charge in [0.05, 0.1) is 27.3 Å². The maximum Gasteiger partial charge on any atom is 1.00 e. The maximum atomic E-state index is 13.1. The third-order valence-corrected chi connectivity index (χ3v) is 9.59. The van der Waals surface area contributed by atoms with Crippen LogP contribution in [0.1, 0.15) is 72.1 Å². The van der Waals surface area contributed by atoms with Gasteiger partial charge in [0.25, 0.3) is 5.91 Å². The Kier molecular flexibility index (Phi) is 20.2. The third kappa shape index (κ3) is 12.4. The normalized spacial score (nSPS) is 14.6. The van der Waals surface area contributed by atoms with E-state index in [4.69, 9.17) is 10.6 Å². The molecule has 0 radical (unpaired) electrons. The van der Waals surface area contributed by atoms with Crippen LogP contribution in [0.15, 0.2) is 70.6 Å².